The van der Waals surface area contributed by atoms with Crippen molar-refractivity contribution in [2.75, 3.05) is 0 Å². The van der Waals surface area contributed by atoms with Crippen LogP contribution in [0.5, 0.6) is 0 Å². The van der Waals surface area contributed by atoms with Crippen LogP contribution in [-0.2, 0) is 4.79 Å². The van der Waals surface area contributed by atoms with Crippen molar-refractivity contribution in [3.63, 3.8) is 0 Å². The van der Waals surface area contributed by atoms with E-state index in [1.54, 1.807) is 0 Å². The minimum atomic E-state index is -0.429. The zero-order valence-electron chi connectivity index (χ0n) is 10.2. The van der Waals surface area contributed by atoms with Crippen LogP contribution in [-0.4, -0.2) is 11.9 Å². The fraction of sp³-hybridized carbons (Fsp3) is 0.462. The van der Waals surface area contributed by atoms with Crippen LogP contribution in [0, 0.1) is 0 Å². The third-order valence-corrected chi connectivity index (χ3v) is 2.88. The maximum absolute atomic E-state index is 11.7. The van der Waals surface area contributed by atoms with Crippen LogP contribution in [0.25, 0.3) is 0 Å². The van der Waals surface area contributed by atoms with E-state index in [0.29, 0.717) is 11.4 Å². The van der Waals surface area contributed by atoms with Crippen molar-refractivity contribution in [1.29, 1.82) is 0 Å². The van der Waals surface area contributed by atoms with E-state index >= 15 is 0 Å². The van der Waals surface area contributed by atoms with Crippen LogP contribution in [0.3, 0.4) is 0 Å². The summed E-state index contributed by atoms with van der Waals surface area (Å²) >= 11 is 5.90. The normalized spacial score (nSPS) is 14.1. The lowest BCUT2D eigenvalue weighted by Gasteiger charge is -2.17. The number of carbonyl (C=O) groups excluding carboxylic acids is 1. The highest BCUT2D eigenvalue weighted by Gasteiger charge is 2.15. The van der Waals surface area contributed by atoms with Gasteiger partial charge in [0.1, 0.15) is 0 Å². The standard InChI is InChI=1S/C13H19ClN2O/c1-3-5-12(15)13(17)16-9(2)10-6-4-7-11(14)8-10/h4,6-9,12H,3,5,15H2,1-2H3,(H,16,17)/t9-,12-/m1/s1. The lowest BCUT2D eigenvalue weighted by Crippen LogP contribution is -2.41. The minimum Gasteiger partial charge on any atom is -0.348 e. The number of benzene rings is 1. The third kappa shape index (κ3) is 4.36. The summed E-state index contributed by atoms with van der Waals surface area (Å²) in [7, 11) is 0. The molecule has 1 amide bonds. The Balaban J connectivity index is 2.60. The first-order chi connectivity index (χ1) is 8.04. The van der Waals surface area contributed by atoms with Gasteiger partial charge >= 0.3 is 0 Å². The number of hydrogen-bond acceptors (Lipinski definition) is 2. The molecule has 0 bridgehead atoms. The molecule has 1 aromatic rings. The van der Waals surface area contributed by atoms with E-state index in [-0.39, 0.29) is 11.9 Å². The molecule has 3 N–H and O–H groups in total. The van der Waals surface area contributed by atoms with Gasteiger partial charge in [0.15, 0.2) is 0 Å². The van der Waals surface area contributed by atoms with Gasteiger partial charge in [-0.3, -0.25) is 4.79 Å². The molecule has 0 unspecified atom stereocenters. The summed E-state index contributed by atoms with van der Waals surface area (Å²) in [5.41, 5.74) is 6.73. The third-order valence-electron chi connectivity index (χ3n) is 2.64. The maximum Gasteiger partial charge on any atom is 0.237 e. The fourth-order valence-corrected chi connectivity index (χ4v) is 1.82. The average molecular weight is 255 g/mol. The van der Waals surface area contributed by atoms with Gasteiger partial charge in [-0.15, -0.1) is 0 Å². The zero-order chi connectivity index (χ0) is 12.8. The summed E-state index contributed by atoms with van der Waals surface area (Å²) in [6.07, 6.45) is 1.61. The summed E-state index contributed by atoms with van der Waals surface area (Å²) in [4.78, 5) is 11.7. The predicted molar refractivity (Wildman–Crippen MR) is 70.9 cm³/mol. The van der Waals surface area contributed by atoms with Crippen LogP contribution in [0.1, 0.15) is 38.3 Å². The fourth-order valence-electron chi connectivity index (χ4n) is 1.62. The van der Waals surface area contributed by atoms with Gasteiger partial charge in [0, 0.05) is 5.02 Å². The van der Waals surface area contributed by atoms with Crippen molar-refractivity contribution in [3.8, 4) is 0 Å². The van der Waals surface area contributed by atoms with Crippen molar-refractivity contribution >= 4 is 17.5 Å². The van der Waals surface area contributed by atoms with E-state index in [1.807, 2.05) is 38.1 Å². The van der Waals surface area contributed by atoms with Crippen molar-refractivity contribution in [2.24, 2.45) is 5.73 Å². The van der Waals surface area contributed by atoms with Crippen molar-refractivity contribution in [1.82, 2.24) is 5.32 Å². The molecule has 0 aromatic heterocycles. The molecule has 0 spiro atoms. The monoisotopic (exact) mass is 254 g/mol. The molecule has 94 valence electrons. The number of rotatable bonds is 5. The first-order valence-electron chi connectivity index (χ1n) is 5.86. The summed E-state index contributed by atoms with van der Waals surface area (Å²) in [6, 6.07) is 6.94. The van der Waals surface area contributed by atoms with Gasteiger partial charge in [0.05, 0.1) is 12.1 Å². The van der Waals surface area contributed by atoms with Gasteiger partial charge in [0.25, 0.3) is 0 Å². The molecule has 2 atom stereocenters. The second-order valence-electron chi connectivity index (χ2n) is 4.18. The lowest BCUT2D eigenvalue weighted by molar-refractivity contribution is -0.123. The van der Waals surface area contributed by atoms with Crippen LogP contribution in [0.4, 0.5) is 0 Å². The van der Waals surface area contributed by atoms with E-state index in [1.165, 1.54) is 0 Å². The average Bonchev–Trinajstić information content (AvgIpc) is 2.29. The predicted octanol–water partition coefficient (Wildman–Crippen LogP) is 2.64. The van der Waals surface area contributed by atoms with E-state index in [2.05, 4.69) is 5.32 Å². The highest BCUT2D eigenvalue weighted by molar-refractivity contribution is 6.30. The summed E-state index contributed by atoms with van der Waals surface area (Å²) in [5, 5.41) is 3.55. The van der Waals surface area contributed by atoms with E-state index in [0.717, 1.165) is 12.0 Å². The van der Waals surface area contributed by atoms with Crippen LogP contribution >= 0.6 is 11.6 Å². The molecule has 0 heterocycles. The Hall–Kier alpha value is -1.06. The van der Waals surface area contributed by atoms with Crippen molar-refractivity contribution in [2.45, 2.75) is 38.8 Å². The van der Waals surface area contributed by atoms with Crippen molar-refractivity contribution in [3.05, 3.63) is 34.9 Å². The summed E-state index contributed by atoms with van der Waals surface area (Å²) in [5.74, 6) is -0.112. The number of amides is 1. The molecule has 3 nitrogen and oxygen atoms in total. The first kappa shape index (κ1) is 14.0. The molecule has 0 saturated heterocycles. The van der Waals surface area contributed by atoms with Crippen molar-refractivity contribution < 1.29 is 4.79 Å². The molecule has 0 saturated carbocycles. The molecule has 1 aromatic carbocycles. The second-order valence-corrected chi connectivity index (χ2v) is 4.62. The van der Waals surface area contributed by atoms with E-state index < -0.39 is 6.04 Å². The van der Waals surface area contributed by atoms with Crippen LogP contribution < -0.4 is 11.1 Å². The second kappa shape index (κ2) is 6.62. The lowest BCUT2D eigenvalue weighted by atomic mass is 10.1. The van der Waals surface area contributed by atoms with E-state index in [9.17, 15) is 4.79 Å². The largest absolute Gasteiger partial charge is 0.348 e. The number of carbonyl (C=O) groups is 1. The Kier molecular flexibility index (Phi) is 5.45. The van der Waals surface area contributed by atoms with Gasteiger partial charge < -0.3 is 11.1 Å². The number of nitrogens with two attached hydrogens (primary N) is 1. The van der Waals surface area contributed by atoms with Gasteiger partial charge in [0.2, 0.25) is 5.91 Å². The Morgan fingerprint density at radius 3 is 2.82 bits per heavy atom. The Morgan fingerprint density at radius 1 is 1.53 bits per heavy atom. The Morgan fingerprint density at radius 2 is 2.24 bits per heavy atom. The topological polar surface area (TPSA) is 55.1 Å². The highest BCUT2D eigenvalue weighted by atomic mass is 35.5. The number of hydrogen-bond donors (Lipinski definition) is 2. The zero-order valence-corrected chi connectivity index (χ0v) is 11.0. The van der Waals surface area contributed by atoms with Gasteiger partial charge in [-0.2, -0.15) is 0 Å². The molecule has 0 aliphatic heterocycles. The molecule has 0 aliphatic carbocycles. The maximum atomic E-state index is 11.7. The SMILES string of the molecule is CCC[C@@H](N)C(=O)N[C@H](C)c1cccc(Cl)c1. The van der Waals surface area contributed by atoms with Gasteiger partial charge in [-0.25, -0.2) is 0 Å². The number of nitrogens with one attached hydrogen (secondary N) is 1. The highest BCUT2D eigenvalue weighted by Crippen LogP contribution is 2.17. The summed E-state index contributed by atoms with van der Waals surface area (Å²) < 4.78 is 0. The van der Waals surface area contributed by atoms with Gasteiger partial charge in [-0.1, -0.05) is 37.1 Å². The molecular weight excluding hydrogens is 236 g/mol. The smallest absolute Gasteiger partial charge is 0.237 e. The molecular formula is C13H19ClN2O. The van der Waals surface area contributed by atoms with E-state index in [4.69, 9.17) is 17.3 Å². The summed E-state index contributed by atoms with van der Waals surface area (Å²) in [6.45, 7) is 3.93. The van der Waals surface area contributed by atoms with Crippen LogP contribution in [0.15, 0.2) is 24.3 Å². The molecule has 1 rings (SSSR count). The molecule has 4 heteroatoms. The quantitative estimate of drug-likeness (QED) is 0.849. The molecule has 0 aliphatic rings. The Labute approximate surface area is 107 Å². The number of halogens is 1. The first-order valence-corrected chi connectivity index (χ1v) is 6.23. The molecule has 0 radical (unpaired) electrons. The minimum absolute atomic E-state index is 0.0795. The van der Waals surface area contributed by atoms with Gasteiger partial charge in [-0.05, 0) is 31.0 Å². The van der Waals surface area contributed by atoms with Crippen LogP contribution in [0.2, 0.25) is 5.02 Å². The molecule has 0 fully saturated rings. The molecule has 17 heavy (non-hydrogen) atoms. The Bertz CT molecular complexity index is 381.